The van der Waals surface area contributed by atoms with Gasteiger partial charge in [0.2, 0.25) is 0 Å². The van der Waals surface area contributed by atoms with Crippen molar-refractivity contribution in [3.05, 3.63) is 0 Å². The highest BCUT2D eigenvalue weighted by molar-refractivity contribution is 5.76. The highest BCUT2D eigenvalue weighted by Crippen LogP contribution is 2.16. The molecule has 0 saturated heterocycles. The largest absolute Gasteiger partial charge is 0.481 e. The Morgan fingerprint density at radius 3 is 2.18 bits per heavy atom. The second-order valence-electron chi connectivity index (χ2n) is 3.41. The number of carbonyl (C=O) groups is 3. The molecule has 0 aromatic heterocycles. The fourth-order valence-electron chi connectivity index (χ4n) is 1.36. The first-order chi connectivity index (χ1) is 7.92. The molecular weight excluding hydrogens is 232 g/mol. The minimum atomic E-state index is -1.22. The lowest BCUT2D eigenvalue weighted by atomic mass is 9.97. The zero-order chi connectivity index (χ0) is 13.4. The molecule has 17 heavy (non-hydrogen) atoms. The van der Waals surface area contributed by atoms with Crippen LogP contribution >= 0.6 is 0 Å². The molecule has 0 heterocycles. The number of hydrogen-bond acceptors (Lipinski definition) is 5. The van der Waals surface area contributed by atoms with Gasteiger partial charge in [-0.1, -0.05) is 6.92 Å². The van der Waals surface area contributed by atoms with Crippen LogP contribution in [0.3, 0.4) is 0 Å². The molecule has 2 unspecified atom stereocenters. The van der Waals surface area contributed by atoms with Gasteiger partial charge in [-0.3, -0.25) is 9.59 Å². The average Bonchev–Trinajstić information content (AvgIpc) is 2.16. The van der Waals surface area contributed by atoms with Crippen LogP contribution in [0, 0.1) is 5.92 Å². The maximum atomic E-state index is 11.1. The van der Waals surface area contributed by atoms with E-state index in [4.69, 9.17) is 14.9 Å². The molecular formula is C10H16O7. The Hall–Kier alpha value is -1.63. The van der Waals surface area contributed by atoms with Crippen LogP contribution in [0.1, 0.15) is 19.8 Å². The predicted molar refractivity (Wildman–Crippen MR) is 55.4 cm³/mol. The number of rotatable bonds is 8. The van der Waals surface area contributed by atoms with Crippen LogP contribution in [0.25, 0.3) is 0 Å². The summed E-state index contributed by atoms with van der Waals surface area (Å²) >= 11 is 0. The Bertz CT molecular complexity index is 286. The van der Waals surface area contributed by atoms with E-state index in [9.17, 15) is 14.4 Å². The molecule has 0 aromatic rings. The fourth-order valence-corrected chi connectivity index (χ4v) is 1.36. The monoisotopic (exact) mass is 248 g/mol. The average molecular weight is 248 g/mol. The smallest absolute Gasteiger partial charge is 0.332 e. The van der Waals surface area contributed by atoms with Crippen molar-refractivity contribution in [2.24, 2.45) is 5.92 Å². The van der Waals surface area contributed by atoms with Crippen molar-refractivity contribution in [2.45, 2.75) is 25.9 Å². The van der Waals surface area contributed by atoms with E-state index in [1.807, 2.05) is 0 Å². The van der Waals surface area contributed by atoms with Gasteiger partial charge in [-0.05, 0) is 6.42 Å². The Balaban J connectivity index is 4.67. The Morgan fingerprint density at radius 1 is 1.24 bits per heavy atom. The Morgan fingerprint density at radius 2 is 1.82 bits per heavy atom. The molecule has 0 radical (unpaired) electrons. The summed E-state index contributed by atoms with van der Waals surface area (Å²) in [6.07, 6.45) is -1.55. The van der Waals surface area contributed by atoms with Gasteiger partial charge in [0.05, 0.1) is 12.3 Å². The summed E-state index contributed by atoms with van der Waals surface area (Å²) in [5.41, 5.74) is 0. The summed E-state index contributed by atoms with van der Waals surface area (Å²) < 4.78 is 9.30. The van der Waals surface area contributed by atoms with E-state index < -0.39 is 36.4 Å². The molecule has 0 amide bonds. The summed E-state index contributed by atoms with van der Waals surface area (Å²) in [6.45, 7) is 1.24. The lowest BCUT2D eigenvalue weighted by Gasteiger charge is -2.21. The number of esters is 1. The van der Waals surface area contributed by atoms with Crippen molar-refractivity contribution in [1.29, 1.82) is 0 Å². The zero-order valence-electron chi connectivity index (χ0n) is 9.71. The van der Waals surface area contributed by atoms with Crippen LogP contribution in [-0.2, 0) is 23.9 Å². The van der Waals surface area contributed by atoms with E-state index in [2.05, 4.69) is 4.74 Å². The van der Waals surface area contributed by atoms with Crippen molar-refractivity contribution in [3.63, 3.8) is 0 Å². The number of ether oxygens (including phenoxy) is 2. The molecule has 0 rings (SSSR count). The SMILES string of the molecule is CCC(C(=O)O)C(CC(=O)O)OC(=O)COC. The maximum Gasteiger partial charge on any atom is 0.332 e. The molecule has 0 aliphatic carbocycles. The van der Waals surface area contributed by atoms with Gasteiger partial charge in [0.1, 0.15) is 12.7 Å². The Kier molecular flexibility index (Phi) is 6.88. The van der Waals surface area contributed by atoms with Crippen molar-refractivity contribution in [1.82, 2.24) is 0 Å². The van der Waals surface area contributed by atoms with E-state index in [0.717, 1.165) is 0 Å². The van der Waals surface area contributed by atoms with Gasteiger partial charge in [0.25, 0.3) is 0 Å². The highest BCUT2D eigenvalue weighted by atomic mass is 16.6. The molecule has 98 valence electrons. The van der Waals surface area contributed by atoms with Gasteiger partial charge in [-0.15, -0.1) is 0 Å². The molecule has 0 fully saturated rings. The second-order valence-corrected chi connectivity index (χ2v) is 3.41. The van der Waals surface area contributed by atoms with Crippen molar-refractivity contribution in [2.75, 3.05) is 13.7 Å². The third-order valence-corrected chi connectivity index (χ3v) is 2.13. The van der Waals surface area contributed by atoms with Crippen molar-refractivity contribution >= 4 is 17.9 Å². The van der Waals surface area contributed by atoms with Gasteiger partial charge < -0.3 is 19.7 Å². The molecule has 2 N–H and O–H groups in total. The van der Waals surface area contributed by atoms with Crippen LogP contribution in [0.4, 0.5) is 0 Å². The number of aliphatic carboxylic acids is 2. The fraction of sp³-hybridized carbons (Fsp3) is 0.700. The number of carboxylic acid groups (broad SMARTS) is 2. The van der Waals surface area contributed by atoms with Crippen molar-refractivity contribution in [3.8, 4) is 0 Å². The summed E-state index contributed by atoms with van der Waals surface area (Å²) in [5.74, 6) is -4.23. The topological polar surface area (TPSA) is 110 Å². The predicted octanol–water partition coefficient (Wildman–Crippen LogP) is 0.130. The molecule has 0 saturated carbocycles. The lowest BCUT2D eigenvalue weighted by molar-refractivity contribution is -0.164. The van der Waals surface area contributed by atoms with Gasteiger partial charge in [-0.25, -0.2) is 4.79 Å². The maximum absolute atomic E-state index is 11.1. The summed E-state index contributed by atoms with van der Waals surface area (Å²) in [7, 11) is 1.28. The number of carboxylic acids is 2. The lowest BCUT2D eigenvalue weighted by Crippen LogP contribution is -2.35. The van der Waals surface area contributed by atoms with Crippen molar-refractivity contribution < 1.29 is 34.1 Å². The van der Waals surface area contributed by atoms with Crippen LogP contribution in [0.5, 0.6) is 0 Å². The normalized spacial score (nSPS) is 13.8. The minimum absolute atomic E-state index is 0.174. The number of methoxy groups -OCH3 is 1. The standard InChI is InChI=1S/C10H16O7/c1-3-6(10(14)15)7(4-8(11)12)17-9(13)5-16-2/h6-7H,3-5H2,1-2H3,(H,11,12)(H,14,15). The minimum Gasteiger partial charge on any atom is -0.481 e. The summed E-state index contributed by atoms with van der Waals surface area (Å²) in [4.78, 5) is 32.6. The molecule has 7 nitrogen and oxygen atoms in total. The highest BCUT2D eigenvalue weighted by Gasteiger charge is 2.31. The van der Waals surface area contributed by atoms with Crippen LogP contribution in [0.15, 0.2) is 0 Å². The first kappa shape index (κ1) is 15.4. The molecule has 0 bridgehead atoms. The molecule has 7 heteroatoms. The number of hydrogen-bond donors (Lipinski definition) is 2. The zero-order valence-corrected chi connectivity index (χ0v) is 9.71. The van der Waals surface area contributed by atoms with Crippen LogP contribution < -0.4 is 0 Å². The van der Waals surface area contributed by atoms with Crippen LogP contribution in [-0.4, -0.2) is 47.9 Å². The first-order valence-corrected chi connectivity index (χ1v) is 5.05. The van der Waals surface area contributed by atoms with E-state index in [-0.39, 0.29) is 13.0 Å². The molecule has 0 aromatic carbocycles. The quantitative estimate of drug-likeness (QED) is 0.587. The molecule has 0 spiro atoms. The second kappa shape index (κ2) is 7.61. The van der Waals surface area contributed by atoms with E-state index >= 15 is 0 Å². The number of carbonyl (C=O) groups excluding carboxylic acids is 1. The third-order valence-electron chi connectivity index (χ3n) is 2.13. The summed E-state index contributed by atoms with van der Waals surface area (Å²) in [5, 5.41) is 17.5. The van der Waals surface area contributed by atoms with Gasteiger partial charge in [-0.2, -0.15) is 0 Å². The molecule has 0 aliphatic rings. The van der Waals surface area contributed by atoms with E-state index in [1.54, 1.807) is 6.92 Å². The molecule has 0 aliphatic heterocycles. The van der Waals surface area contributed by atoms with Gasteiger partial charge >= 0.3 is 17.9 Å². The Labute approximate surface area is 98.3 Å². The molecule has 2 atom stereocenters. The van der Waals surface area contributed by atoms with E-state index in [0.29, 0.717) is 0 Å². The summed E-state index contributed by atoms with van der Waals surface area (Å²) in [6, 6.07) is 0. The van der Waals surface area contributed by atoms with Gasteiger partial charge in [0, 0.05) is 7.11 Å². The first-order valence-electron chi connectivity index (χ1n) is 5.05. The van der Waals surface area contributed by atoms with Gasteiger partial charge in [0.15, 0.2) is 0 Å². The third kappa shape index (κ3) is 5.86. The van der Waals surface area contributed by atoms with Crippen LogP contribution in [0.2, 0.25) is 0 Å². The van der Waals surface area contributed by atoms with E-state index in [1.165, 1.54) is 7.11 Å².